The van der Waals surface area contributed by atoms with E-state index in [1.807, 2.05) is 11.4 Å². The Balaban J connectivity index is 1.68. The van der Waals surface area contributed by atoms with Crippen molar-refractivity contribution in [2.45, 2.75) is 30.9 Å². The fourth-order valence-electron chi connectivity index (χ4n) is 2.97. The summed E-state index contributed by atoms with van der Waals surface area (Å²) in [6, 6.07) is 3.23. The van der Waals surface area contributed by atoms with Gasteiger partial charge in [-0.1, -0.05) is 0 Å². The first-order valence-electron chi connectivity index (χ1n) is 8.38. The molecule has 0 saturated heterocycles. The van der Waals surface area contributed by atoms with Crippen molar-refractivity contribution in [2.24, 2.45) is 7.05 Å². The van der Waals surface area contributed by atoms with Crippen molar-refractivity contribution in [3.8, 4) is 0 Å². The molecule has 146 valence electrons. The summed E-state index contributed by atoms with van der Waals surface area (Å²) < 4.78 is 32.6. The van der Waals surface area contributed by atoms with Crippen LogP contribution < -0.4 is 4.72 Å². The Bertz CT molecular complexity index is 977. The molecule has 0 bridgehead atoms. The van der Waals surface area contributed by atoms with Crippen molar-refractivity contribution in [2.75, 3.05) is 13.6 Å². The van der Waals surface area contributed by atoms with E-state index in [2.05, 4.69) is 4.72 Å². The van der Waals surface area contributed by atoms with E-state index in [4.69, 9.17) is 4.74 Å². The molecule has 8 nitrogen and oxygen atoms in total. The Morgan fingerprint density at radius 2 is 2.11 bits per heavy atom. The van der Waals surface area contributed by atoms with Gasteiger partial charge in [-0.2, -0.15) is 0 Å². The summed E-state index contributed by atoms with van der Waals surface area (Å²) in [5, 5.41) is 2.01. The molecule has 0 saturated carbocycles. The van der Waals surface area contributed by atoms with Gasteiger partial charge in [-0.3, -0.25) is 4.79 Å². The van der Waals surface area contributed by atoms with Crippen molar-refractivity contribution in [1.82, 2.24) is 14.2 Å². The molecule has 2 aromatic heterocycles. The highest BCUT2D eigenvalue weighted by atomic mass is 32.2. The van der Waals surface area contributed by atoms with Gasteiger partial charge >= 0.3 is 5.97 Å². The summed E-state index contributed by atoms with van der Waals surface area (Å²) in [6.07, 6.45) is 1.15. The normalized spacial score (nSPS) is 15.3. The number of carbonyl (C=O) groups excluding carboxylic acids is 2. The van der Waals surface area contributed by atoms with E-state index >= 15 is 0 Å². The number of hydrogen-bond donors (Lipinski definition) is 1. The summed E-state index contributed by atoms with van der Waals surface area (Å²) >= 11 is 1.68. The van der Waals surface area contributed by atoms with Gasteiger partial charge in [0.25, 0.3) is 5.91 Å². The van der Waals surface area contributed by atoms with Gasteiger partial charge in [0.2, 0.25) is 10.0 Å². The molecule has 0 fully saturated rings. The lowest BCUT2D eigenvalue weighted by molar-refractivity contribution is -0.140. The number of aromatic nitrogens is 1. The zero-order valence-corrected chi connectivity index (χ0v) is 16.9. The number of esters is 1. The number of nitrogens with one attached hydrogen (secondary N) is 1. The van der Waals surface area contributed by atoms with E-state index in [0.717, 1.165) is 12.0 Å². The van der Waals surface area contributed by atoms with E-state index in [1.54, 1.807) is 23.3 Å². The predicted molar refractivity (Wildman–Crippen MR) is 100.0 cm³/mol. The first-order chi connectivity index (χ1) is 12.7. The minimum absolute atomic E-state index is 0.0422. The zero-order valence-electron chi connectivity index (χ0n) is 15.3. The Morgan fingerprint density at radius 3 is 2.81 bits per heavy atom. The molecule has 1 aliphatic heterocycles. The van der Waals surface area contributed by atoms with E-state index < -0.39 is 22.1 Å². The van der Waals surface area contributed by atoms with Crippen LogP contribution in [0.1, 0.15) is 27.9 Å². The molecule has 1 atom stereocenters. The molecule has 1 amide bonds. The van der Waals surface area contributed by atoms with Crippen molar-refractivity contribution in [3.05, 3.63) is 39.8 Å². The van der Waals surface area contributed by atoms with Crippen LogP contribution in [0.4, 0.5) is 0 Å². The summed E-state index contributed by atoms with van der Waals surface area (Å²) in [6.45, 7) is 2.62. The molecular weight excluding hydrogens is 390 g/mol. The molecule has 1 unspecified atom stereocenters. The number of nitrogens with zero attached hydrogens (tertiary/aromatic N) is 2. The van der Waals surface area contributed by atoms with E-state index in [0.29, 0.717) is 13.1 Å². The number of carbonyl (C=O) groups is 2. The van der Waals surface area contributed by atoms with Gasteiger partial charge in [0.15, 0.2) is 6.10 Å². The molecule has 2 aromatic rings. The second kappa shape index (κ2) is 7.45. The van der Waals surface area contributed by atoms with Gasteiger partial charge in [0.1, 0.15) is 10.6 Å². The van der Waals surface area contributed by atoms with Crippen molar-refractivity contribution < 1.29 is 22.7 Å². The molecule has 3 heterocycles. The Morgan fingerprint density at radius 1 is 1.37 bits per heavy atom. The Labute approximate surface area is 161 Å². The number of rotatable bonds is 5. The van der Waals surface area contributed by atoms with Gasteiger partial charge in [-0.05, 0) is 43.5 Å². The average molecular weight is 412 g/mol. The van der Waals surface area contributed by atoms with Gasteiger partial charge in [-0.15, -0.1) is 11.3 Å². The standard InChI is InChI=1S/C17H21N3O5S2/c1-11(16(21)20-6-4-15-12(9-20)5-7-26-15)25-17(22)14-8-13(10-19(14)3)27(23,24)18-2/h5,7-8,10-11,18H,4,6,9H2,1-3H3. The molecular formula is C17H21N3O5S2. The third-order valence-electron chi connectivity index (χ3n) is 4.52. The second-order valence-corrected chi connectivity index (χ2v) is 9.19. The number of amides is 1. The van der Waals surface area contributed by atoms with Gasteiger partial charge < -0.3 is 14.2 Å². The minimum atomic E-state index is -3.67. The van der Waals surface area contributed by atoms with Gasteiger partial charge in [0.05, 0.1) is 0 Å². The summed E-state index contributed by atoms with van der Waals surface area (Å²) in [5.41, 5.74) is 1.18. The Kier molecular flexibility index (Phi) is 5.41. The largest absolute Gasteiger partial charge is 0.448 e. The lowest BCUT2D eigenvalue weighted by Crippen LogP contribution is -2.42. The number of sulfonamides is 1. The lowest BCUT2D eigenvalue weighted by atomic mass is 10.1. The fraction of sp³-hybridized carbons (Fsp3) is 0.412. The highest BCUT2D eigenvalue weighted by Gasteiger charge is 2.29. The third-order valence-corrected chi connectivity index (χ3v) is 6.92. The molecule has 3 rings (SSSR count). The van der Waals surface area contributed by atoms with Crippen LogP contribution in [0, 0.1) is 0 Å². The van der Waals surface area contributed by atoms with E-state index in [9.17, 15) is 18.0 Å². The van der Waals surface area contributed by atoms with Crippen LogP contribution in [-0.2, 0) is 39.6 Å². The SMILES string of the molecule is CNS(=O)(=O)c1cc(C(=O)OC(C)C(=O)N2CCc3sccc3C2)n(C)c1. The van der Waals surface area contributed by atoms with Crippen LogP contribution >= 0.6 is 11.3 Å². The number of thiophene rings is 1. The molecule has 1 aliphatic rings. The van der Waals surface area contributed by atoms with Crippen LogP contribution in [0.25, 0.3) is 0 Å². The van der Waals surface area contributed by atoms with Crippen molar-refractivity contribution in [3.63, 3.8) is 0 Å². The summed E-state index contributed by atoms with van der Waals surface area (Å²) in [5.74, 6) is -1.01. The summed E-state index contributed by atoms with van der Waals surface area (Å²) in [4.78, 5) is 28.0. The maximum atomic E-state index is 12.6. The first-order valence-corrected chi connectivity index (χ1v) is 10.7. The molecule has 1 N–H and O–H groups in total. The quantitative estimate of drug-likeness (QED) is 0.744. The third kappa shape index (κ3) is 3.92. The van der Waals surface area contributed by atoms with Gasteiger partial charge in [-0.25, -0.2) is 17.9 Å². The highest BCUT2D eigenvalue weighted by molar-refractivity contribution is 7.89. The van der Waals surface area contributed by atoms with E-state index in [1.165, 1.54) is 35.7 Å². The van der Waals surface area contributed by atoms with Crippen LogP contribution in [0.5, 0.6) is 0 Å². The molecule has 0 spiro atoms. The number of hydrogen-bond acceptors (Lipinski definition) is 6. The average Bonchev–Trinajstić information content (AvgIpc) is 3.26. The maximum Gasteiger partial charge on any atom is 0.355 e. The highest BCUT2D eigenvalue weighted by Crippen LogP contribution is 2.24. The number of aryl methyl sites for hydroxylation is 1. The van der Waals surface area contributed by atoms with E-state index in [-0.39, 0.29) is 16.5 Å². The predicted octanol–water partition coefficient (Wildman–Crippen LogP) is 1.12. The topological polar surface area (TPSA) is 97.7 Å². The summed E-state index contributed by atoms with van der Waals surface area (Å²) in [7, 11) is -0.839. The Hall–Kier alpha value is -2.17. The fourth-order valence-corrected chi connectivity index (χ4v) is 4.66. The molecule has 0 aliphatic carbocycles. The van der Waals surface area contributed by atoms with Crippen LogP contribution in [0.2, 0.25) is 0 Å². The molecule has 10 heteroatoms. The monoisotopic (exact) mass is 411 g/mol. The first kappa shape index (κ1) is 19.6. The molecule has 27 heavy (non-hydrogen) atoms. The van der Waals surface area contributed by atoms with Crippen molar-refractivity contribution >= 4 is 33.2 Å². The zero-order chi connectivity index (χ0) is 19.8. The molecule has 0 aromatic carbocycles. The van der Waals surface area contributed by atoms with Crippen LogP contribution in [0.3, 0.4) is 0 Å². The number of ether oxygens (including phenoxy) is 1. The van der Waals surface area contributed by atoms with Crippen molar-refractivity contribution in [1.29, 1.82) is 0 Å². The van der Waals surface area contributed by atoms with Crippen LogP contribution in [-0.4, -0.2) is 49.5 Å². The smallest absolute Gasteiger partial charge is 0.355 e. The minimum Gasteiger partial charge on any atom is -0.448 e. The second-order valence-electron chi connectivity index (χ2n) is 6.31. The molecule has 0 radical (unpaired) electrons. The van der Waals surface area contributed by atoms with Crippen LogP contribution in [0.15, 0.2) is 28.6 Å². The lowest BCUT2D eigenvalue weighted by Gasteiger charge is -2.29. The maximum absolute atomic E-state index is 12.6. The number of fused-ring (bicyclic) bond motifs is 1. The van der Waals surface area contributed by atoms with Gasteiger partial charge in [0, 0.05) is 31.2 Å².